The number of benzene rings is 2. The molecule has 0 saturated heterocycles. The first-order valence-electron chi connectivity index (χ1n) is 11.6. The molecule has 1 aliphatic rings. The fourth-order valence-corrected chi connectivity index (χ4v) is 4.44. The number of nitrogens with zero attached hydrogens (tertiary/aromatic N) is 3. The monoisotopic (exact) mass is 465 g/mol. The zero-order chi connectivity index (χ0) is 23.8. The Kier molecular flexibility index (Phi) is 5.29. The van der Waals surface area contributed by atoms with Crippen LogP contribution in [0.4, 0.5) is 0 Å². The van der Waals surface area contributed by atoms with Gasteiger partial charge < -0.3 is 18.6 Å². The van der Waals surface area contributed by atoms with E-state index in [1.807, 2.05) is 60.7 Å². The Morgan fingerprint density at radius 2 is 1.31 bits per heavy atom. The minimum Gasteiger partial charge on any atom is -0.490 e. The van der Waals surface area contributed by atoms with Crippen molar-refractivity contribution in [3.63, 3.8) is 0 Å². The lowest BCUT2D eigenvalue weighted by molar-refractivity contribution is 0.297. The van der Waals surface area contributed by atoms with Crippen LogP contribution in [0, 0.1) is 0 Å². The van der Waals surface area contributed by atoms with Gasteiger partial charge in [-0.15, -0.1) is 0 Å². The van der Waals surface area contributed by atoms with Crippen LogP contribution < -0.4 is 20.6 Å². The lowest BCUT2D eigenvalue weighted by Crippen LogP contribution is -2.23. The van der Waals surface area contributed by atoms with Crippen molar-refractivity contribution in [2.75, 3.05) is 13.2 Å². The van der Waals surface area contributed by atoms with Crippen molar-refractivity contribution in [2.45, 2.75) is 19.5 Å². The SMILES string of the molecule is O=c1c2cc3c(=O)n(Cc4ccc5c(c4)OCCCO5)ccc3nc2ccn1Cc1ccccc1. The average Bonchev–Trinajstić information content (AvgIpc) is 3.13. The molecule has 1 aliphatic heterocycles. The number of aromatic nitrogens is 3. The molecule has 35 heavy (non-hydrogen) atoms. The first kappa shape index (κ1) is 21.2. The Hall–Kier alpha value is -4.39. The predicted octanol–water partition coefficient (Wildman–Crippen LogP) is 3.97. The summed E-state index contributed by atoms with van der Waals surface area (Å²) in [4.78, 5) is 31.2. The number of fused-ring (bicyclic) bond motifs is 3. The van der Waals surface area contributed by atoms with Crippen molar-refractivity contribution in [3.05, 3.63) is 111 Å². The molecule has 0 radical (unpaired) electrons. The number of ether oxygens (including phenoxy) is 2. The van der Waals surface area contributed by atoms with Crippen LogP contribution in [0.1, 0.15) is 17.5 Å². The van der Waals surface area contributed by atoms with E-state index in [0.29, 0.717) is 53.9 Å². The first-order chi connectivity index (χ1) is 17.2. The van der Waals surface area contributed by atoms with Gasteiger partial charge in [-0.05, 0) is 41.5 Å². The quantitative estimate of drug-likeness (QED) is 0.376. The van der Waals surface area contributed by atoms with Crippen LogP contribution >= 0.6 is 0 Å². The summed E-state index contributed by atoms with van der Waals surface area (Å²) in [5.74, 6) is 1.42. The number of rotatable bonds is 4. The largest absolute Gasteiger partial charge is 0.490 e. The van der Waals surface area contributed by atoms with Crippen LogP contribution in [0.2, 0.25) is 0 Å². The predicted molar refractivity (Wildman–Crippen MR) is 134 cm³/mol. The van der Waals surface area contributed by atoms with E-state index in [-0.39, 0.29) is 11.1 Å². The van der Waals surface area contributed by atoms with E-state index in [4.69, 9.17) is 9.47 Å². The Balaban J connectivity index is 1.39. The van der Waals surface area contributed by atoms with E-state index in [1.165, 1.54) is 0 Å². The van der Waals surface area contributed by atoms with Crippen LogP contribution in [0.25, 0.3) is 21.8 Å². The van der Waals surface area contributed by atoms with Crippen molar-refractivity contribution in [1.29, 1.82) is 0 Å². The second-order valence-corrected chi connectivity index (χ2v) is 8.67. The minimum absolute atomic E-state index is 0.168. The lowest BCUT2D eigenvalue weighted by Gasteiger charge is -2.12. The minimum atomic E-state index is -0.193. The third kappa shape index (κ3) is 4.05. The van der Waals surface area contributed by atoms with E-state index < -0.39 is 0 Å². The second-order valence-electron chi connectivity index (χ2n) is 8.67. The van der Waals surface area contributed by atoms with E-state index >= 15 is 0 Å². The Bertz CT molecular complexity index is 1670. The van der Waals surface area contributed by atoms with Gasteiger partial charge in [0.2, 0.25) is 0 Å². The summed E-state index contributed by atoms with van der Waals surface area (Å²) in [5, 5.41) is 0.852. The molecule has 0 unspecified atom stereocenters. The van der Waals surface area contributed by atoms with Crippen LogP contribution in [0.3, 0.4) is 0 Å². The number of hydrogen-bond acceptors (Lipinski definition) is 5. The molecule has 7 heteroatoms. The molecular weight excluding hydrogens is 442 g/mol. The van der Waals surface area contributed by atoms with Gasteiger partial charge in [-0.25, -0.2) is 4.98 Å². The summed E-state index contributed by atoms with van der Waals surface area (Å²) in [6.45, 7) is 2.06. The highest BCUT2D eigenvalue weighted by Crippen LogP contribution is 2.30. The smallest absolute Gasteiger partial charge is 0.260 e. The molecule has 0 N–H and O–H groups in total. The topological polar surface area (TPSA) is 75.3 Å². The lowest BCUT2D eigenvalue weighted by atomic mass is 10.1. The molecule has 3 aromatic heterocycles. The molecule has 7 nitrogen and oxygen atoms in total. The van der Waals surface area contributed by atoms with Crippen molar-refractivity contribution in [2.24, 2.45) is 0 Å². The van der Waals surface area contributed by atoms with Crippen molar-refractivity contribution >= 4 is 21.8 Å². The van der Waals surface area contributed by atoms with Gasteiger partial charge in [-0.2, -0.15) is 0 Å². The molecule has 6 rings (SSSR count). The van der Waals surface area contributed by atoms with Crippen LogP contribution in [0.5, 0.6) is 11.5 Å². The summed E-state index contributed by atoms with van der Waals surface area (Å²) >= 11 is 0. The molecule has 5 aromatic rings. The van der Waals surface area contributed by atoms with Crippen LogP contribution in [-0.2, 0) is 13.1 Å². The van der Waals surface area contributed by atoms with E-state index in [9.17, 15) is 9.59 Å². The maximum Gasteiger partial charge on any atom is 0.260 e. The molecule has 0 bridgehead atoms. The second kappa shape index (κ2) is 8.76. The van der Waals surface area contributed by atoms with Gasteiger partial charge in [0.1, 0.15) is 0 Å². The van der Waals surface area contributed by atoms with Gasteiger partial charge in [-0.1, -0.05) is 36.4 Å². The fraction of sp³-hybridized carbons (Fsp3) is 0.179. The molecule has 0 fully saturated rings. The van der Waals surface area contributed by atoms with Gasteiger partial charge in [0.15, 0.2) is 11.5 Å². The maximum absolute atomic E-state index is 13.4. The first-order valence-corrected chi connectivity index (χ1v) is 11.6. The normalized spacial score (nSPS) is 13.1. The maximum atomic E-state index is 13.4. The summed E-state index contributed by atoms with van der Waals surface area (Å²) < 4.78 is 14.8. The van der Waals surface area contributed by atoms with Gasteiger partial charge in [0, 0.05) is 18.8 Å². The summed E-state index contributed by atoms with van der Waals surface area (Å²) in [6.07, 6.45) is 4.33. The van der Waals surface area contributed by atoms with Crippen molar-refractivity contribution in [1.82, 2.24) is 14.1 Å². The Labute approximate surface area is 200 Å². The molecule has 0 saturated carbocycles. The zero-order valence-corrected chi connectivity index (χ0v) is 19.0. The summed E-state index contributed by atoms with van der Waals surface area (Å²) in [7, 11) is 0. The van der Waals surface area contributed by atoms with Crippen molar-refractivity contribution < 1.29 is 9.47 Å². The van der Waals surface area contributed by atoms with Gasteiger partial charge >= 0.3 is 0 Å². The highest BCUT2D eigenvalue weighted by molar-refractivity contribution is 5.91. The molecule has 0 atom stereocenters. The number of pyridine rings is 3. The van der Waals surface area contributed by atoms with E-state index in [1.54, 1.807) is 27.6 Å². The highest BCUT2D eigenvalue weighted by atomic mass is 16.5. The van der Waals surface area contributed by atoms with Gasteiger partial charge in [0.25, 0.3) is 11.1 Å². The molecule has 174 valence electrons. The molecule has 0 aliphatic carbocycles. The molecule has 4 heterocycles. The summed E-state index contributed by atoms with van der Waals surface area (Å²) in [6, 6.07) is 20.8. The standard InChI is InChI=1S/C28H23N3O4/c32-27-21-16-22-24(29-23(21)9-11-30(27)17-19-5-2-1-3-6-19)10-12-31(28(22)33)18-20-7-8-25-26(15-20)35-14-4-13-34-25/h1-3,5-12,15-16H,4,13-14,17-18H2. The Morgan fingerprint density at radius 3 is 2.00 bits per heavy atom. The fourth-order valence-electron chi connectivity index (χ4n) is 4.44. The van der Waals surface area contributed by atoms with Crippen molar-refractivity contribution in [3.8, 4) is 11.5 Å². The third-order valence-electron chi connectivity index (χ3n) is 6.25. The Morgan fingerprint density at radius 1 is 0.686 bits per heavy atom. The summed E-state index contributed by atoms with van der Waals surface area (Å²) in [5.41, 5.74) is 2.74. The molecule has 0 amide bonds. The van der Waals surface area contributed by atoms with Gasteiger partial charge in [0.05, 0.1) is 48.1 Å². The highest BCUT2D eigenvalue weighted by Gasteiger charge is 2.13. The third-order valence-corrected chi connectivity index (χ3v) is 6.25. The van der Waals surface area contributed by atoms with Gasteiger partial charge in [-0.3, -0.25) is 9.59 Å². The number of hydrogen-bond donors (Lipinski definition) is 0. The van der Waals surface area contributed by atoms with E-state index in [2.05, 4.69) is 4.98 Å². The van der Waals surface area contributed by atoms with Crippen LogP contribution in [0.15, 0.2) is 88.7 Å². The molecular formula is C28H23N3O4. The molecule has 2 aromatic carbocycles. The van der Waals surface area contributed by atoms with Crippen LogP contribution in [-0.4, -0.2) is 27.3 Å². The molecule has 0 spiro atoms. The van der Waals surface area contributed by atoms with E-state index in [0.717, 1.165) is 23.3 Å². The average molecular weight is 466 g/mol. The zero-order valence-electron chi connectivity index (χ0n) is 19.0.